The molecule has 1 amide bonds. The van der Waals surface area contributed by atoms with Gasteiger partial charge in [0.1, 0.15) is 0 Å². The highest BCUT2D eigenvalue weighted by atomic mass is 16.4. The van der Waals surface area contributed by atoms with Crippen molar-refractivity contribution in [2.24, 2.45) is 13.0 Å². The van der Waals surface area contributed by atoms with Crippen LogP contribution in [0.3, 0.4) is 0 Å². The van der Waals surface area contributed by atoms with Gasteiger partial charge in [-0.2, -0.15) is 5.10 Å². The average molecular weight is 343 g/mol. The van der Waals surface area contributed by atoms with Gasteiger partial charge < -0.3 is 10.0 Å². The second-order valence-electron chi connectivity index (χ2n) is 6.57. The van der Waals surface area contributed by atoms with Crippen LogP contribution in [0, 0.1) is 19.8 Å². The van der Waals surface area contributed by atoms with Crippen LogP contribution in [0.15, 0.2) is 24.3 Å². The van der Waals surface area contributed by atoms with Crippen LogP contribution in [-0.4, -0.2) is 38.7 Å². The zero-order chi connectivity index (χ0) is 18.7. The summed E-state index contributed by atoms with van der Waals surface area (Å²) < 4.78 is 1.84. The van der Waals surface area contributed by atoms with Crippen molar-refractivity contribution in [2.75, 3.05) is 7.05 Å². The van der Waals surface area contributed by atoms with E-state index >= 15 is 0 Å². The van der Waals surface area contributed by atoms with Crippen molar-refractivity contribution in [3.8, 4) is 0 Å². The molecule has 6 heteroatoms. The van der Waals surface area contributed by atoms with Gasteiger partial charge in [0.25, 0.3) is 0 Å². The number of aromatic carboxylic acids is 1. The minimum atomic E-state index is -0.952. The first kappa shape index (κ1) is 18.7. The van der Waals surface area contributed by atoms with E-state index in [9.17, 15) is 9.59 Å². The number of benzene rings is 1. The van der Waals surface area contributed by atoms with Crippen molar-refractivity contribution < 1.29 is 14.7 Å². The van der Waals surface area contributed by atoms with Crippen molar-refractivity contribution in [3.05, 3.63) is 52.3 Å². The molecule has 0 saturated carbocycles. The molecule has 1 atom stereocenters. The topological polar surface area (TPSA) is 75.4 Å². The highest BCUT2D eigenvalue weighted by Crippen LogP contribution is 2.19. The van der Waals surface area contributed by atoms with Crippen molar-refractivity contribution in [3.63, 3.8) is 0 Å². The van der Waals surface area contributed by atoms with Crippen LogP contribution in [0.4, 0.5) is 0 Å². The number of nitrogens with zero attached hydrogens (tertiary/aromatic N) is 3. The Balaban J connectivity index is 2.02. The standard InChI is InChI=1S/C19H25N3O3/c1-12(10-17-13(2)20-22(5)14(17)3)18(23)21(4)11-15-6-8-16(9-7-15)19(24)25/h6-9,12H,10-11H2,1-5H3,(H,24,25)/t12-/m0/s1. The molecule has 2 rings (SSSR count). The van der Waals surface area contributed by atoms with Crippen molar-refractivity contribution in [1.29, 1.82) is 0 Å². The van der Waals surface area contributed by atoms with Gasteiger partial charge in [-0.3, -0.25) is 9.48 Å². The molecule has 1 N–H and O–H groups in total. The molecule has 0 radical (unpaired) electrons. The lowest BCUT2D eigenvalue weighted by Gasteiger charge is -2.22. The summed E-state index contributed by atoms with van der Waals surface area (Å²) in [5.41, 5.74) is 4.33. The van der Waals surface area contributed by atoms with Crippen LogP contribution < -0.4 is 0 Å². The molecule has 25 heavy (non-hydrogen) atoms. The summed E-state index contributed by atoms with van der Waals surface area (Å²) in [4.78, 5) is 25.2. The first-order valence-electron chi connectivity index (χ1n) is 8.27. The highest BCUT2D eigenvalue weighted by Gasteiger charge is 2.21. The number of carboxylic acids is 1. The first-order valence-corrected chi connectivity index (χ1v) is 8.27. The molecule has 0 aliphatic carbocycles. The molecule has 2 aromatic rings. The second kappa shape index (κ2) is 7.51. The third-order valence-electron chi connectivity index (χ3n) is 4.59. The molecule has 0 spiro atoms. The van der Waals surface area contributed by atoms with Gasteiger partial charge in [-0.15, -0.1) is 0 Å². The molecule has 1 aromatic carbocycles. The molecule has 1 heterocycles. The van der Waals surface area contributed by atoms with Gasteiger partial charge in [0.15, 0.2) is 0 Å². The number of aromatic nitrogens is 2. The number of carbonyl (C=O) groups is 2. The van der Waals surface area contributed by atoms with E-state index in [0.29, 0.717) is 13.0 Å². The first-order chi connectivity index (χ1) is 11.7. The van der Waals surface area contributed by atoms with Crippen LogP contribution in [-0.2, 0) is 24.8 Å². The molecule has 134 valence electrons. The fourth-order valence-corrected chi connectivity index (χ4v) is 2.99. The summed E-state index contributed by atoms with van der Waals surface area (Å²) in [6.45, 7) is 6.36. The van der Waals surface area contributed by atoms with Crippen molar-refractivity contribution >= 4 is 11.9 Å². The molecular formula is C19H25N3O3. The number of carboxylic acid groups (broad SMARTS) is 1. The summed E-state index contributed by atoms with van der Waals surface area (Å²) in [5, 5.41) is 13.3. The molecular weight excluding hydrogens is 318 g/mol. The number of hydrogen-bond acceptors (Lipinski definition) is 3. The van der Waals surface area contributed by atoms with Crippen molar-refractivity contribution in [1.82, 2.24) is 14.7 Å². The molecule has 1 aromatic heterocycles. The Bertz CT molecular complexity index is 778. The largest absolute Gasteiger partial charge is 0.478 e. The van der Waals surface area contributed by atoms with E-state index in [0.717, 1.165) is 22.5 Å². The lowest BCUT2D eigenvalue weighted by molar-refractivity contribution is -0.134. The molecule has 0 unspecified atom stereocenters. The maximum absolute atomic E-state index is 12.7. The summed E-state index contributed by atoms with van der Waals surface area (Å²) in [7, 11) is 3.68. The van der Waals surface area contributed by atoms with Gasteiger partial charge in [0.05, 0.1) is 11.3 Å². The smallest absolute Gasteiger partial charge is 0.335 e. The predicted molar refractivity (Wildman–Crippen MR) is 95.4 cm³/mol. The third-order valence-corrected chi connectivity index (χ3v) is 4.59. The van der Waals surface area contributed by atoms with E-state index in [1.165, 1.54) is 0 Å². The minimum Gasteiger partial charge on any atom is -0.478 e. The van der Waals surface area contributed by atoms with Gasteiger partial charge in [-0.1, -0.05) is 19.1 Å². The van der Waals surface area contributed by atoms with E-state index in [1.807, 2.05) is 32.5 Å². The normalized spacial score (nSPS) is 12.0. The summed E-state index contributed by atoms with van der Waals surface area (Å²) >= 11 is 0. The molecule has 0 bridgehead atoms. The maximum Gasteiger partial charge on any atom is 0.335 e. The Hall–Kier alpha value is -2.63. The SMILES string of the molecule is Cc1nn(C)c(C)c1C[C@H](C)C(=O)N(C)Cc1ccc(C(=O)O)cc1. The maximum atomic E-state index is 12.7. The van der Waals surface area contributed by atoms with Gasteiger partial charge in [-0.05, 0) is 43.5 Å². The number of aryl methyl sites for hydroxylation is 2. The van der Waals surface area contributed by atoms with Crippen LogP contribution in [0.2, 0.25) is 0 Å². The van der Waals surface area contributed by atoms with Gasteiger partial charge >= 0.3 is 5.97 Å². The molecule has 0 aliphatic rings. The minimum absolute atomic E-state index is 0.0602. The number of hydrogen-bond donors (Lipinski definition) is 1. The number of rotatable bonds is 6. The third kappa shape index (κ3) is 4.26. The average Bonchev–Trinajstić information content (AvgIpc) is 2.80. The summed E-state index contributed by atoms with van der Waals surface area (Å²) in [5.74, 6) is -1.04. The Kier molecular flexibility index (Phi) is 5.62. The Morgan fingerprint density at radius 1 is 1.24 bits per heavy atom. The van der Waals surface area contributed by atoms with Crippen molar-refractivity contribution in [2.45, 2.75) is 33.7 Å². The zero-order valence-electron chi connectivity index (χ0n) is 15.4. The van der Waals surface area contributed by atoms with E-state index in [4.69, 9.17) is 5.11 Å². The lowest BCUT2D eigenvalue weighted by Crippen LogP contribution is -2.32. The monoisotopic (exact) mass is 343 g/mol. The lowest BCUT2D eigenvalue weighted by atomic mass is 9.98. The quantitative estimate of drug-likeness (QED) is 0.875. The molecule has 0 saturated heterocycles. The van der Waals surface area contributed by atoms with Gasteiger partial charge in [-0.25, -0.2) is 4.79 Å². The van der Waals surface area contributed by atoms with E-state index in [1.54, 1.807) is 36.2 Å². The Labute approximate surface area is 148 Å². The fourth-order valence-electron chi connectivity index (χ4n) is 2.99. The number of amides is 1. The Morgan fingerprint density at radius 3 is 2.32 bits per heavy atom. The van der Waals surface area contributed by atoms with Crippen LogP contribution >= 0.6 is 0 Å². The fraction of sp³-hybridized carbons (Fsp3) is 0.421. The summed E-state index contributed by atoms with van der Waals surface area (Å²) in [6, 6.07) is 6.60. The summed E-state index contributed by atoms with van der Waals surface area (Å²) in [6.07, 6.45) is 0.659. The Morgan fingerprint density at radius 2 is 1.84 bits per heavy atom. The zero-order valence-corrected chi connectivity index (χ0v) is 15.4. The highest BCUT2D eigenvalue weighted by molar-refractivity contribution is 5.87. The van der Waals surface area contributed by atoms with Crippen LogP contribution in [0.25, 0.3) is 0 Å². The van der Waals surface area contributed by atoms with Crippen LogP contribution in [0.1, 0.15) is 39.8 Å². The van der Waals surface area contributed by atoms with E-state index in [2.05, 4.69) is 5.10 Å². The van der Waals surface area contributed by atoms with Gasteiger partial charge in [0.2, 0.25) is 5.91 Å². The van der Waals surface area contributed by atoms with Gasteiger partial charge in [0, 0.05) is 32.3 Å². The van der Waals surface area contributed by atoms with E-state index in [-0.39, 0.29) is 17.4 Å². The number of carbonyl (C=O) groups excluding carboxylic acids is 1. The molecule has 0 aliphatic heterocycles. The molecule has 0 fully saturated rings. The predicted octanol–water partition coefficient (Wildman–Crippen LogP) is 2.57. The second-order valence-corrected chi connectivity index (χ2v) is 6.57. The van der Waals surface area contributed by atoms with Crippen LogP contribution in [0.5, 0.6) is 0 Å². The molecule has 6 nitrogen and oxygen atoms in total. The van der Waals surface area contributed by atoms with E-state index < -0.39 is 5.97 Å².